The molecule has 5 rings (SSSR count). The van der Waals surface area contributed by atoms with Gasteiger partial charge >= 0.3 is 0 Å². The molecule has 1 saturated carbocycles. The lowest BCUT2D eigenvalue weighted by molar-refractivity contribution is 0.527. The van der Waals surface area contributed by atoms with E-state index >= 15 is 0 Å². The van der Waals surface area contributed by atoms with Gasteiger partial charge in [0.15, 0.2) is 0 Å². The second-order valence-electron chi connectivity index (χ2n) is 7.88. The first kappa shape index (κ1) is 18.4. The smallest absolute Gasteiger partial charge is 0.0488 e. The van der Waals surface area contributed by atoms with Gasteiger partial charge in [0.1, 0.15) is 0 Å². The summed E-state index contributed by atoms with van der Waals surface area (Å²) in [5, 5.41) is 0. The molecular formula is C30H24. The Bertz CT molecular complexity index is 1100. The van der Waals surface area contributed by atoms with Crippen molar-refractivity contribution in [3.05, 3.63) is 161 Å². The van der Waals surface area contributed by atoms with Crippen molar-refractivity contribution in [3.8, 4) is 0 Å². The topological polar surface area (TPSA) is 0 Å². The molecule has 1 aliphatic carbocycles. The quantitative estimate of drug-likeness (QED) is 0.343. The summed E-state index contributed by atoms with van der Waals surface area (Å²) in [7, 11) is 0. The Morgan fingerprint density at radius 3 is 1.27 bits per heavy atom. The second kappa shape index (κ2) is 7.65. The lowest BCUT2D eigenvalue weighted by atomic mass is 9.53. The van der Waals surface area contributed by atoms with Crippen LogP contribution < -0.4 is 0 Å². The zero-order valence-electron chi connectivity index (χ0n) is 17.0. The number of hydrogen-bond acceptors (Lipinski definition) is 0. The summed E-state index contributed by atoms with van der Waals surface area (Å²) in [5.74, 6) is 0. The van der Waals surface area contributed by atoms with Gasteiger partial charge in [-0.05, 0) is 45.4 Å². The molecule has 0 bridgehead atoms. The van der Waals surface area contributed by atoms with Crippen LogP contribution in [0, 0.1) is 0 Å². The average molecular weight is 385 g/mol. The summed E-state index contributed by atoms with van der Waals surface area (Å²) in [6.07, 6.45) is 0.943. The summed E-state index contributed by atoms with van der Waals surface area (Å²) in [5.41, 5.74) is 8.78. The van der Waals surface area contributed by atoms with Crippen LogP contribution in [-0.4, -0.2) is 0 Å². The minimum Gasteiger partial charge on any atom is -0.0943 e. The number of allylic oxidation sites excluding steroid dienone is 2. The van der Waals surface area contributed by atoms with E-state index in [1.165, 1.54) is 39.0 Å². The SMILES string of the molecule is C=C1C(=C(c2ccccc2)c2ccccc2)CC1(c1ccccc1)c1ccccc1. The van der Waals surface area contributed by atoms with Crippen LogP contribution in [0.4, 0.5) is 0 Å². The Morgan fingerprint density at radius 1 is 0.533 bits per heavy atom. The molecule has 0 N–H and O–H groups in total. The standard InChI is InChI=1S/C30H24/c1-23-28(29(24-14-6-2-7-15-24)25-16-8-3-9-17-25)22-30(23,26-18-10-4-11-19-26)27-20-12-5-13-21-27/h2-21H,1,22H2. The highest BCUT2D eigenvalue weighted by Crippen LogP contribution is 2.58. The molecule has 0 aromatic heterocycles. The van der Waals surface area contributed by atoms with E-state index < -0.39 is 0 Å². The molecule has 0 amide bonds. The molecule has 0 heteroatoms. The van der Waals surface area contributed by atoms with E-state index in [-0.39, 0.29) is 5.41 Å². The highest BCUT2D eigenvalue weighted by Gasteiger charge is 2.48. The summed E-state index contributed by atoms with van der Waals surface area (Å²) in [6.45, 7) is 4.66. The van der Waals surface area contributed by atoms with Gasteiger partial charge in [-0.2, -0.15) is 0 Å². The predicted molar refractivity (Wildman–Crippen MR) is 126 cm³/mol. The second-order valence-corrected chi connectivity index (χ2v) is 7.88. The summed E-state index contributed by atoms with van der Waals surface area (Å²) in [4.78, 5) is 0. The van der Waals surface area contributed by atoms with Gasteiger partial charge in [0.05, 0.1) is 0 Å². The minimum atomic E-state index is -0.174. The van der Waals surface area contributed by atoms with Gasteiger partial charge in [-0.3, -0.25) is 0 Å². The van der Waals surface area contributed by atoms with Crippen LogP contribution in [0.2, 0.25) is 0 Å². The van der Waals surface area contributed by atoms with E-state index in [2.05, 4.69) is 128 Å². The van der Waals surface area contributed by atoms with Crippen molar-refractivity contribution in [2.45, 2.75) is 11.8 Å². The molecule has 0 aliphatic heterocycles. The Morgan fingerprint density at radius 2 is 0.900 bits per heavy atom. The third-order valence-electron chi connectivity index (χ3n) is 6.28. The first-order valence-electron chi connectivity index (χ1n) is 10.5. The number of rotatable bonds is 4. The van der Waals surface area contributed by atoms with Gasteiger partial charge in [0, 0.05) is 5.41 Å². The average Bonchev–Trinajstić information content (AvgIpc) is 2.83. The van der Waals surface area contributed by atoms with Gasteiger partial charge in [-0.15, -0.1) is 0 Å². The van der Waals surface area contributed by atoms with Crippen molar-refractivity contribution in [3.63, 3.8) is 0 Å². The molecule has 0 atom stereocenters. The Labute approximate surface area is 178 Å². The molecule has 0 nitrogen and oxygen atoms in total. The van der Waals surface area contributed by atoms with Crippen LogP contribution in [-0.2, 0) is 5.41 Å². The fourth-order valence-corrected chi connectivity index (χ4v) is 4.76. The number of benzene rings is 4. The molecular weight excluding hydrogens is 360 g/mol. The van der Waals surface area contributed by atoms with Crippen LogP contribution >= 0.6 is 0 Å². The maximum atomic E-state index is 4.66. The first-order chi connectivity index (χ1) is 14.8. The van der Waals surface area contributed by atoms with Crippen LogP contribution in [0.15, 0.2) is 139 Å². The molecule has 4 aromatic rings. The third kappa shape index (κ3) is 2.93. The molecule has 0 radical (unpaired) electrons. The van der Waals surface area contributed by atoms with Gasteiger partial charge in [0.2, 0.25) is 0 Å². The normalized spacial score (nSPS) is 14.8. The first-order valence-corrected chi connectivity index (χ1v) is 10.5. The third-order valence-corrected chi connectivity index (χ3v) is 6.28. The van der Waals surface area contributed by atoms with Crippen LogP contribution in [0.1, 0.15) is 28.7 Å². The van der Waals surface area contributed by atoms with Crippen molar-refractivity contribution in [2.24, 2.45) is 0 Å². The number of hydrogen-bond donors (Lipinski definition) is 0. The largest absolute Gasteiger partial charge is 0.0943 e. The lowest BCUT2D eigenvalue weighted by Gasteiger charge is -2.49. The predicted octanol–water partition coefficient (Wildman–Crippen LogP) is 7.43. The molecule has 30 heavy (non-hydrogen) atoms. The monoisotopic (exact) mass is 384 g/mol. The Hall–Kier alpha value is -3.64. The fraction of sp³-hybridized carbons (Fsp3) is 0.0667. The fourth-order valence-electron chi connectivity index (χ4n) is 4.76. The molecule has 1 aliphatic rings. The molecule has 144 valence electrons. The zero-order chi connectivity index (χ0) is 20.4. The van der Waals surface area contributed by atoms with Crippen LogP contribution in [0.5, 0.6) is 0 Å². The zero-order valence-corrected chi connectivity index (χ0v) is 17.0. The molecule has 1 fully saturated rings. The van der Waals surface area contributed by atoms with Crippen molar-refractivity contribution in [1.29, 1.82) is 0 Å². The van der Waals surface area contributed by atoms with Gasteiger partial charge < -0.3 is 0 Å². The lowest BCUT2D eigenvalue weighted by Crippen LogP contribution is -2.40. The van der Waals surface area contributed by atoms with E-state index in [1.807, 2.05) is 0 Å². The van der Waals surface area contributed by atoms with E-state index in [1.54, 1.807) is 0 Å². The molecule has 0 unspecified atom stereocenters. The van der Waals surface area contributed by atoms with Gasteiger partial charge in [0.25, 0.3) is 0 Å². The summed E-state index contributed by atoms with van der Waals surface area (Å²) >= 11 is 0. The van der Waals surface area contributed by atoms with Crippen LogP contribution in [0.3, 0.4) is 0 Å². The van der Waals surface area contributed by atoms with Gasteiger partial charge in [-0.1, -0.05) is 128 Å². The van der Waals surface area contributed by atoms with E-state index in [0.29, 0.717) is 0 Å². The van der Waals surface area contributed by atoms with Crippen molar-refractivity contribution in [1.82, 2.24) is 0 Å². The summed E-state index contributed by atoms with van der Waals surface area (Å²) < 4.78 is 0. The molecule has 0 spiro atoms. The Kier molecular flexibility index (Phi) is 4.69. The highest BCUT2D eigenvalue weighted by atomic mass is 14.5. The van der Waals surface area contributed by atoms with Crippen LogP contribution in [0.25, 0.3) is 5.57 Å². The van der Waals surface area contributed by atoms with Gasteiger partial charge in [-0.25, -0.2) is 0 Å². The maximum absolute atomic E-state index is 4.66. The summed E-state index contributed by atoms with van der Waals surface area (Å²) in [6, 6.07) is 43.0. The maximum Gasteiger partial charge on any atom is 0.0488 e. The van der Waals surface area contributed by atoms with Crippen molar-refractivity contribution < 1.29 is 0 Å². The Balaban J connectivity index is 1.71. The molecule has 0 saturated heterocycles. The van der Waals surface area contributed by atoms with Crippen molar-refractivity contribution >= 4 is 5.57 Å². The minimum absolute atomic E-state index is 0.174. The van der Waals surface area contributed by atoms with E-state index in [0.717, 1.165) is 6.42 Å². The van der Waals surface area contributed by atoms with Crippen molar-refractivity contribution in [2.75, 3.05) is 0 Å². The van der Waals surface area contributed by atoms with E-state index in [9.17, 15) is 0 Å². The van der Waals surface area contributed by atoms with E-state index in [4.69, 9.17) is 0 Å². The highest BCUT2D eigenvalue weighted by molar-refractivity contribution is 5.88. The molecule has 0 heterocycles. The molecule has 4 aromatic carbocycles.